The van der Waals surface area contributed by atoms with Crippen LogP contribution in [0, 0.1) is 0 Å². The van der Waals surface area contributed by atoms with E-state index < -0.39 is 0 Å². The van der Waals surface area contributed by atoms with Gasteiger partial charge in [0.25, 0.3) is 0 Å². The number of rotatable bonds is 5. The van der Waals surface area contributed by atoms with Gasteiger partial charge in [0.05, 0.1) is 22.8 Å². The molecule has 3 aromatic heterocycles. The lowest BCUT2D eigenvalue weighted by Crippen LogP contribution is -1.95. The van der Waals surface area contributed by atoms with E-state index in [4.69, 9.17) is 4.98 Å². The molecule has 5 heteroatoms. The second-order valence-electron chi connectivity index (χ2n) is 6.67. The van der Waals surface area contributed by atoms with Gasteiger partial charge in [-0.05, 0) is 53.1 Å². The first kappa shape index (κ1) is 16.4. The Morgan fingerprint density at radius 2 is 1.21 bits per heavy atom. The predicted octanol–water partition coefficient (Wildman–Crippen LogP) is 5.21. The summed E-state index contributed by atoms with van der Waals surface area (Å²) in [6, 6.07) is 24.4. The smallest absolute Gasteiger partial charge is 0.185 e. The molecule has 0 amide bonds. The number of benzene rings is 1. The molecular weight excluding hydrogens is 346 g/mol. The van der Waals surface area contributed by atoms with Crippen LogP contribution < -0.4 is 0 Å². The molecule has 0 bridgehead atoms. The van der Waals surface area contributed by atoms with Crippen LogP contribution in [0.4, 0.5) is 0 Å². The summed E-state index contributed by atoms with van der Waals surface area (Å²) in [6.07, 6.45) is 4.59. The monoisotopic (exact) mass is 363 g/mol. The maximum atomic E-state index is 4.81. The fourth-order valence-electron chi connectivity index (χ4n) is 3.16. The highest BCUT2D eigenvalue weighted by atomic mass is 15.4. The Labute approximate surface area is 162 Å². The summed E-state index contributed by atoms with van der Waals surface area (Å²) in [5.74, 6) is 0. The number of pyridine rings is 3. The van der Waals surface area contributed by atoms with Gasteiger partial charge < -0.3 is 0 Å². The second-order valence-corrected chi connectivity index (χ2v) is 6.67. The Hall–Kier alpha value is -3.73. The molecule has 1 aliphatic rings. The molecule has 5 nitrogen and oxygen atoms in total. The van der Waals surface area contributed by atoms with Crippen molar-refractivity contribution in [3.8, 4) is 33.9 Å². The van der Waals surface area contributed by atoms with E-state index in [0.717, 1.165) is 40.3 Å². The second kappa shape index (κ2) is 7.12. The van der Waals surface area contributed by atoms with E-state index in [1.807, 2.05) is 36.4 Å². The molecule has 1 aliphatic heterocycles. The van der Waals surface area contributed by atoms with Gasteiger partial charge in [0.15, 0.2) is 6.17 Å². The van der Waals surface area contributed by atoms with Gasteiger partial charge in [-0.25, -0.2) is 4.98 Å². The zero-order chi connectivity index (χ0) is 18.8. The maximum Gasteiger partial charge on any atom is 0.185 e. The van der Waals surface area contributed by atoms with Crippen LogP contribution in [0.2, 0.25) is 0 Å². The standard InChI is InChI=1S/C23H17N5/c1-3-11-24-19(5-1)21-14-18(15-22(26-21)20-6-2-4-12-25-20)17-9-7-16(8-10-17)13-23-27-28-23/h1-12,14-15,23H,13H2. The van der Waals surface area contributed by atoms with Crippen LogP contribution in [0.15, 0.2) is 95.4 Å². The summed E-state index contributed by atoms with van der Waals surface area (Å²) in [6.45, 7) is 0. The van der Waals surface area contributed by atoms with Gasteiger partial charge >= 0.3 is 0 Å². The minimum Gasteiger partial charge on any atom is -0.255 e. The van der Waals surface area contributed by atoms with E-state index in [9.17, 15) is 0 Å². The van der Waals surface area contributed by atoms with Gasteiger partial charge in [0.2, 0.25) is 0 Å². The third kappa shape index (κ3) is 3.55. The number of aromatic nitrogens is 3. The largest absolute Gasteiger partial charge is 0.255 e. The molecule has 0 saturated carbocycles. The van der Waals surface area contributed by atoms with Crippen LogP contribution in [0.25, 0.3) is 33.9 Å². The topological polar surface area (TPSA) is 63.4 Å². The van der Waals surface area contributed by atoms with Crippen molar-refractivity contribution in [3.05, 3.63) is 90.8 Å². The van der Waals surface area contributed by atoms with Crippen molar-refractivity contribution in [1.82, 2.24) is 15.0 Å². The van der Waals surface area contributed by atoms with Gasteiger partial charge in [-0.2, -0.15) is 10.2 Å². The summed E-state index contributed by atoms with van der Waals surface area (Å²) >= 11 is 0. The zero-order valence-electron chi connectivity index (χ0n) is 15.1. The van der Waals surface area contributed by atoms with Crippen LogP contribution in [0.1, 0.15) is 5.56 Å². The minimum atomic E-state index is 0.151. The van der Waals surface area contributed by atoms with E-state index >= 15 is 0 Å². The SMILES string of the molecule is c1ccc(-c2cc(-c3ccc(CC4N=N4)cc3)cc(-c3ccccn3)n2)nc1. The lowest BCUT2D eigenvalue weighted by molar-refractivity contribution is 0.906. The zero-order valence-corrected chi connectivity index (χ0v) is 15.1. The predicted molar refractivity (Wildman–Crippen MR) is 108 cm³/mol. The third-order valence-corrected chi connectivity index (χ3v) is 4.66. The third-order valence-electron chi connectivity index (χ3n) is 4.66. The van der Waals surface area contributed by atoms with Crippen molar-refractivity contribution in [2.45, 2.75) is 12.6 Å². The molecule has 0 atom stereocenters. The Morgan fingerprint density at radius 3 is 1.71 bits per heavy atom. The van der Waals surface area contributed by atoms with Gasteiger partial charge in [-0.1, -0.05) is 36.4 Å². The molecule has 0 aliphatic carbocycles. The fraction of sp³-hybridized carbons (Fsp3) is 0.0870. The number of hydrogen-bond acceptors (Lipinski definition) is 5. The van der Waals surface area contributed by atoms with Gasteiger partial charge in [-0.15, -0.1) is 0 Å². The van der Waals surface area contributed by atoms with E-state index in [0.29, 0.717) is 0 Å². The Kier molecular flexibility index (Phi) is 4.18. The fourth-order valence-corrected chi connectivity index (χ4v) is 3.16. The number of nitrogens with zero attached hydrogens (tertiary/aromatic N) is 5. The molecule has 0 saturated heterocycles. The molecular formula is C23H17N5. The minimum absolute atomic E-state index is 0.151. The number of hydrogen-bond donors (Lipinski definition) is 0. The molecule has 0 radical (unpaired) electrons. The first-order valence-electron chi connectivity index (χ1n) is 9.19. The van der Waals surface area contributed by atoms with Crippen molar-refractivity contribution in [3.63, 3.8) is 0 Å². The summed E-state index contributed by atoms with van der Waals surface area (Å²) < 4.78 is 0. The molecule has 4 heterocycles. The first-order chi connectivity index (χ1) is 13.8. The van der Waals surface area contributed by atoms with Crippen LogP contribution in [0.3, 0.4) is 0 Å². The summed E-state index contributed by atoms with van der Waals surface area (Å²) in [4.78, 5) is 13.8. The van der Waals surface area contributed by atoms with Gasteiger partial charge in [0, 0.05) is 18.8 Å². The first-order valence-corrected chi connectivity index (χ1v) is 9.19. The van der Waals surface area contributed by atoms with E-state index in [1.54, 1.807) is 12.4 Å². The Balaban J connectivity index is 1.58. The molecule has 134 valence electrons. The van der Waals surface area contributed by atoms with Gasteiger partial charge in [-0.3, -0.25) is 9.97 Å². The molecule has 5 rings (SSSR count). The highest BCUT2D eigenvalue weighted by molar-refractivity contribution is 5.74. The van der Waals surface area contributed by atoms with Crippen LogP contribution in [-0.4, -0.2) is 21.1 Å². The summed E-state index contributed by atoms with van der Waals surface area (Å²) in [7, 11) is 0. The molecule has 1 aromatic carbocycles. The van der Waals surface area contributed by atoms with E-state index in [-0.39, 0.29) is 6.17 Å². The highest BCUT2D eigenvalue weighted by Crippen LogP contribution is 2.29. The van der Waals surface area contributed by atoms with Crippen molar-refractivity contribution in [2.24, 2.45) is 10.2 Å². The molecule has 4 aromatic rings. The average molecular weight is 363 g/mol. The van der Waals surface area contributed by atoms with Crippen LogP contribution >= 0.6 is 0 Å². The Morgan fingerprint density at radius 1 is 0.607 bits per heavy atom. The van der Waals surface area contributed by atoms with E-state index in [2.05, 4.69) is 56.6 Å². The lowest BCUT2D eigenvalue weighted by atomic mass is 10.0. The summed E-state index contributed by atoms with van der Waals surface area (Å²) in [5.41, 5.74) is 6.80. The van der Waals surface area contributed by atoms with Crippen molar-refractivity contribution in [2.75, 3.05) is 0 Å². The van der Waals surface area contributed by atoms with Crippen LogP contribution in [-0.2, 0) is 6.42 Å². The van der Waals surface area contributed by atoms with Crippen molar-refractivity contribution in [1.29, 1.82) is 0 Å². The molecule has 0 N–H and O–H groups in total. The van der Waals surface area contributed by atoms with E-state index in [1.165, 1.54) is 5.56 Å². The highest BCUT2D eigenvalue weighted by Gasteiger charge is 2.16. The molecule has 28 heavy (non-hydrogen) atoms. The molecule has 0 unspecified atom stereocenters. The van der Waals surface area contributed by atoms with Crippen LogP contribution in [0.5, 0.6) is 0 Å². The van der Waals surface area contributed by atoms with Gasteiger partial charge in [0.1, 0.15) is 0 Å². The molecule has 0 fully saturated rings. The normalized spacial score (nSPS) is 12.9. The molecule has 0 spiro atoms. The lowest BCUT2D eigenvalue weighted by Gasteiger charge is -2.10. The quantitative estimate of drug-likeness (QED) is 0.489. The summed E-state index contributed by atoms with van der Waals surface area (Å²) in [5, 5.41) is 7.94. The van der Waals surface area contributed by atoms with Crippen molar-refractivity contribution < 1.29 is 0 Å². The average Bonchev–Trinajstić information content (AvgIpc) is 3.59. The maximum absolute atomic E-state index is 4.81. The Bertz CT molecular complexity index is 1060. The van der Waals surface area contributed by atoms with Crippen molar-refractivity contribution >= 4 is 0 Å².